The fourth-order valence-electron chi connectivity index (χ4n) is 4.76. The minimum atomic E-state index is -0.435. The number of amides is 1. The molecule has 1 aromatic rings. The van der Waals surface area contributed by atoms with Crippen molar-refractivity contribution in [3.8, 4) is 0 Å². The summed E-state index contributed by atoms with van der Waals surface area (Å²) in [5.74, 6) is 1.92. The zero-order valence-corrected chi connectivity index (χ0v) is 16.8. The summed E-state index contributed by atoms with van der Waals surface area (Å²) in [6.45, 7) is 6.62. The molecular formula is C23H33NO3. The van der Waals surface area contributed by atoms with Crippen molar-refractivity contribution in [1.82, 2.24) is 5.32 Å². The molecule has 2 fully saturated rings. The molecule has 0 bridgehead atoms. The Hall–Kier alpha value is -1.84. The van der Waals surface area contributed by atoms with Crippen LogP contribution in [0.5, 0.6) is 0 Å². The molecule has 0 heterocycles. The van der Waals surface area contributed by atoms with E-state index in [2.05, 4.69) is 38.2 Å². The Morgan fingerprint density at radius 1 is 1.11 bits per heavy atom. The van der Waals surface area contributed by atoms with E-state index in [1.54, 1.807) is 0 Å². The number of Topliss-reactive ketones (excluding diaryl/α,β-unsaturated/α-hetero) is 1. The lowest BCUT2D eigenvalue weighted by Gasteiger charge is -2.37. The predicted molar refractivity (Wildman–Crippen MR) is 107 cm³/mol. The molecule has 0 aliphatic heterocycles. The van der Waals surface area contributed by atoms with Gasteiger partial charge in [0, 0.05) is 6.42 Å². The highest BCUT2D eigenvalue weighted by atomic mass is 16.6. The number of ether oxygens (including phenoxy) is 1. The van der Waals surface area contributed by atoms with Crippen molar-refractivity contribution in [1.29, 1.82) is 0 Å². The van der Waals surface area contributed by atoms with Gasteiger partial charge in [-0.1, -0.05) is 57.5 Å². The summed E-state index contributed by atoms with van der Waals surface area (Å²) in [4.78, 5) is 24.9. The van der Waals surface area contributed by atoms with E-state index in [4.69, 9.17) is 4.74 Å². The van der Waals surface area contributed by atoms with Crippen LogP contribution in [0.1, 0.15) is 70.8 Å². The topological polar surface area (TPSA) is 55.4 Å². The summed E-state index contributed by atoms with van der Waals surface area (Å²) >= 11 is 0. The zero-order valence-electron chi connectivity index (χ0n) is 16.8. The smallest absolute Gasteiger partial charge is 0.408 e. The molecule has 3 rings (SSSR count). The molecule has 4 nitrogen and oxygen atoms in total. The standard InChI is InChI=1S/C23H33NO3/c1-15(2)19-11-9-16(3)13-22(19)27-23(26)24-20-14-18(10-12-21(20)25)17-7-5-4-6-8-17/h4-8,15-16,18-20,22H,9-14H2,1-3H3,(H,24,26)/t16-,18+,19-,20+,22-/m0/s1. The fraction of sp³-hybridized carbons (Fsp3) is 0.652. The highest BCUT2D eigenvalue weighted by Gasteiger charge is 2.35. The summed E-state index contributed by atoms with van der Waals surface area (Å²) in [6.07, 6.45) is 4.78. The molecule has 2 saturated carbocycles. The van der Waals surface area contributed by atoms with Gasteiger partial charge in [0.2, 0.25) is 0 Å². The lowest BCUT2D eigenvalue weighted by molar-refractivity contribution is -0.122. The van der Waals surface area contributed by atoms with Gasteiger partial charge in [-0.2, -0.15) is 0 Å². The van der Waals surface area contributed by atoms with E-state index >= 15 is 0 Å². The Labute approximate surface area is 163 Å². The van der Waals surface area contributed by atoms with Gasteiger partial charge in [-0.05, 0) is 54.9 Å². The van der Waals surface area contributed by atoms with E-state index in [0.29, 0.717) is 36.5 Å². The highest BCUT2D eigenvalue weighted by Crippen LogP contribution is 2.36. The molecule has 2 aliphatic rings. The van der Waals surface area contributed by atoms with Crippen LogP contribution >= 0.6 is 0 Å². The van der Waals surface area contributed by atoms with Crippen LogP contribution in [0.3, 0.4) is 0 Å². The summed E-state index contributed by atoms with van der Waals surface area (Å²) in [6, 6.07) is 9.83. The molecule has 1 aromatic carbocycles. The Bertz CT molecular complexity index is 642. The molecule has 148 valence electrons. The molecule has 0 aromatic heterocycles. The number of hydrogen-bond donors (Lipinski definition) is 1. The summed E-state index contributed by atoms with van der Waals surface area (Å²) in [5.41, 5.74) is 1.24. The van der Waals surface area contributed by atoms with Crippen LogP contribution in [0.2, 0.25) is 0 Å². The van der Waals surface area contributed by atoms with Crippen molar-refractivity contribution in [2.24, 2.45) is 17.8 Å². The molecule has 0 unspecified atom stereocenters. The van der Waals surface area contributed by atoms with Crippen molar-refractivity contribution in [2.75, 3.05) is 0 Å². The third kappa shape index (κ3) is 5.12. The van der Waals surface area contributed by atoms with Crippen molar-refractivity contribution in [2.45, 2.75) is 77.4 Å². The van der Waals surface area contributed by atoms with Crippen molar-refractivity contribution in [3.63, 3.8) is 0 Å². The number of carbonyl (C=O) groups excluding carboxylic acids is 2. The van der Waals surface area contributed by atoms with Crippen molar-refractivity contribution < 1.29 is 14.3 Å². The van der Waals surface area contributed by atoms with Gasteiger partial charge in [0.15, 0.2) is 5.78 Å². The normalized spacial score (nSPS) is 31.6. The van der Waals surface area contributed by atoms with Gasteiger partial charge < -0.3 is 10.1 Å². The first-order valence-electron chi connectivity index (χ1n) is 10.5. The SMILES string of the molecule is CC(C)[C@@H]1CC[C@H](C)C[C@@H]1OC(=O)N[C@@H]1C[C@H](c2ccccc2)CCC1=O. The summed E-state index contributed by atoms with van der Waals surface area (Å²) in [5, 5.41) is 2.88. The molecule has 2 aliphatic carbocycles. The minimum Gasteiger partial charge on any atom is -0.446 e. The van der Waals surface area contributed by atoms with Crippen LogP contribution in [0.4, 0.5) is 4.79 Å². The van der Waals surface area contributed by atoms with Gasteiger partial charge in [-0.25, -0.2) is 4.79 Å². The molecule has 5 atom stereocenters. The average molecular weight is 372 g/mol. The molecule has 27 heavy (non-hydrogen) atoms. The summed E-state index contributed by atoms with van der Waals surface area (Å²) < 4.78 is 5.83. The zero-order chi connectivity index (χ0) is 19.4. The van der Waals surface area contributed by atoms with E-state index < -0.39 is 12.1 Å². The molecule has 0 radical (unpaired) electrons. The Kier molecular flexibility index (Phi) is 6.56. The number of rotatable bonds is 4. The van der Waals surface area contributed by atoms with Gasteiger partial charge in [0.05, 0.1) is 6.04 Å². The van der Waals surface area contributed by atoms with Crippen LogP contribution in [0.25, 0.3) is 0 Å². The van der Waals surface area contributed by atoms with Gasteiger partial charge >= 0.3 is 6.09 Å². The largest absolute Gasteiger partial charge is 0.446 e. The second-order valence-electron chi connectivity index (χ2n) is 8.82. The van der Waals surface area contributed by atoms with Crippen LogP contribution in [-0.2, 0) is 9.53 Å². The van der Waals surface area contributed by atoms with E-state index in [-0.39, 0.29) is 11.9 Å². The molecule has 0 spiro atoms. The molecule has 1 N–H and O–H groups in total. The van der Waals surface area contributed by atoms with Crippen molar-refractivity contribution >= 4 is 11.9 Å². The predicted octanol–water partition coefficient (Wildman–Crippen LogP) is 5.08. The highest BCUT2D eigenvalue weighted by molar-refractivity contribution is 5.88. The second-order valence-corrected chi connectivity index (χ2v) is 8.82. The van der Waals surface area contributed by atoms with E-state index in [1.165, 1.54) is 12.0 Å². The minimum absolute atomic E-state index is 0.0441. The molecule has 4 heteroatoms. The van der Waals surface area contributed by atoms with Crippen LogP contribution in [0.15, 0.2) is 30.3 Å². The quantitative estimate of drug-likeness (QED) is 0.803. The Balaban J connectivity index is 1.59. The fourth-order valence-corrected chi connectivity index (χ4v) is 4.76. The lowest BCUT2D eigenvalue weighted by Crippen LogP contribution is -2.46. The number of nitrogens with one attached hydrogen (secondary N) is 1. The average Bonchev–Trinajstić information content (AvgIpc) is 2.64. The second kappa shape index (κ2) is 8.90. The maximum absolute atomic E-state index is 12.6. The third-order valence-corrected chi connectivity index (χ3v) is 6.43. The Morgan fingerprint density at radius 3 is 2.56 bits per heavy atom. The molecular weight excluding hydrogens is 338 g/mol. The van der Waals surface area contributed by atoms with Gasteiger partial charge in [-0.3, -0.25) is 4.79 Å². The first-order chi connectivity index (χ1) is 12.9. The molecule has 1 amide bonds. The maximum atomic E-state index is 12.6. The number of carbonyl (C=O) groups is 2. The van der Waals surface area contributed by atoms with Gasteiger partial charge in [0.1, 0.15) is 6.10 Å². The van der Waals surface area contributed by atoms with E-state index in [1.807, 2.05) is 18.2 Å². The monoisotopic (exact) mass is 371 g/mol. The summed E-state index contributed by atoms with van der Waals surface area (Å²) in [7, 11) is 0. The van der Waals surface area contributed by atoms with E-state index in [0.717, 1.165) is 19.3 Å². The van der Waals surface area contributed by atoms with Gasteiger partial charge in [-0.15, -0.1) is 0 Å². The number of ketones is 1. The number of benzene rings is 1. The number of hydrogen-bond acceptors (Lipinski definition) is 3. The first kappa shape index (κ1) is 19.9. The van der Waals surface area contributed by atoms with E-state index in [9.17, 15) is 9.59 Å². The van der Waals surface area contributed by atoms with Crippen LogP contribution in [0, 0.1) is 17.8 Å². The number of alkyl carbamates (subject to hydrolysis) is 1. The van der Waals surface area contributed by atoms with Crippen LogP contribution < -0.4 is 5.32 Å². The molecule has 0 saturated heterocycles. The Morgan fingerprint density at radius 2 is 1.85 bits per heavy atom. The third-order valence-electron chi connectivity index (χ3n) is 6.43. The first-order valence-corrected chi connectivity index (χ1v) is 10.5. The van der Waals surface area contributed by atoms with Crippen LogP contribution in [-0.4, -0.2) is 24.0 Å². The van der Waals surface area contributed by atoms with Gasteiger partial charge in [0.25, 0.3) is 0 Å². The maximum Gasteiger partial charge on any atom is 0.408 e. The lowest BCUT2D eigenvalue weighted by atomic mass is 9.75. The van der Waals surface area contributed by atoms with Crippen molar-refractivity contribution in [3.05, 3.63) is 35.9 Å².